The molecule has 0 saturated heterocycles. The highest BCUT2D eigenvalue weighted by Crippen LogP contribution is 2.25. The van der Waals surface area contributed by atoms with Crippen LogP contribution in [0.3, 0.4) is 0 Å². The quantitative estimate of drug-likeness (QED) is 0.820. The van der Waals surface area contributed by atoms with Gasteiger partial charge in [0.15, 0.2) is 0 Å². The first-order chi connectivity index (χ1) is 6.97. The van der Waals surface area contributed by atoms with Gasteiger partial charge in [0.2, 0.25) is 10.0 Å². The molecular weight excluding hydrogens is 369 g/mol. The second-order valence-corrected chi connectivity index (χ2v) is 6.48. The van der Waals surface area contributed by atoms with Crippen molar-refractivity contribution in [2.24, 2.45) is 0 Å². The van der Waals surface area contributed by atoms with E-state index in [9.17, 15) is 8.42 Å². The van der Waals surface area contributed by atoms with E-state index in [4.69, 9.17) is 11.6 Å². The summed E-state index contributed by atoms with van der Waals surface area (Å²) < 4.78 is 26.3. The SMILES string of the molecule is O=S(=O)(NCCBr)c1ccc(Cl)c(Br)c1. The molecule has 0 bridgehead atoms. The molecule has 1 aromatic carbocycles. The van der Waals surface area contributed by atoms with E-state index in [0.29, 0.717) is 21.4 Å². The fourth-order valence-electron chi connectivity index (χ4n) is 0.900. The van der Waals surface area contributed by atoms with E-state index in [2.05, 4.69) is 36.6 Å². The van der Waals surface area contributed by atoms with Crippen molar-refractivity contribution in [2.45, 2.75) is 4.90 Å². The summed E-state index contributed by atoms with van der Waals surface area (Å²) >= 11 is 12.1. The first-order valence-electron chi connectivity index (χ1n) is 3.98. The summed E-state index contributed by atoms with van der Waals surface area (Å²) in [5.74, 6) is 0. The number of nitrogens with one attached hydrogen (secondary N) is 1. The lowest BCUT2D eigenvalue weighted by atomic mass is 10.4. The summed E-state index contributed by atoms with van der Waals surface area (Å²) in [6.45, 7) is 0.350. The number of hydrogen-bond donors (Lipinski definition) is 1. The number of sulfonamides is 1. The molecule has 0 spiro atoms. The Labute approximate surface area is 111 Å². The Morgan fingerprint density at radius 3 is 2.60 bits per heavy atom. The zero-order valence-electron chi connectivity index (χ0n) is 7.50. The van der Waals surface area contributed by atoms with E-state index in [1.54, 1.807) is 0 Å². The lowest BCUT2D eigenvalue weighted by Gasteiger charge is -2.06. The molecule has 0 fully saturated rings. The van der Waals surface area contributed by atoms with Crippen molar-refractivity contribution >= 4 is 53.5 Å². The first-order valence-corrected chi connectivity index (χ1v) is 7.75. The van der Waals surface area contributed by atoms with Gasteiger partial charge in [-0.3, -0.25) is 0 Å². The number of alkyl halides is 1. The standard InChI is InChI=1S/C8H8Br2ClNO2S/c9-3-4-12-15(13,14)6-1-2-8(11)7(10)5-6/h1-2,5,12H,3-4H2. The average Bonchev–Trinajstić information content (AvgIpc) is 2.19. The van der Waals surface area contributed by atoms with Crippen LogP contribution in [0.1, 0.15) is 0 Å². The van der Waals surface area contributed by atoms with Crippen LogP contribution >= 0.6 is 43.5 Å². The fraction of sp³-hybridized carbons (Fsp3) is 0.250. The molecule has 0 saturated carbocycles. The second kappa shape index (κ2) is 5.63. The summed E-state index contributed by atoms with van der Waals surface area (Å²) in [7, 11) is -3.43. The van der Waals surface area contributed by atoms with Crippen LogP contribution in [0.15, 0.2) is 27.6 Å². The molecule has 1 rings (SSSR count). The smallest absolute Gasteiger partial charge is 0.210 e. The van der Waals surface area contributed by atoms with Gasteiger partial charge in [-0.25, -0.2) is 13.1 Å². The Balaban J connectivity index is 3.00. The van der Waals surface area contributed by atoms with E-state index < -0.39 is 10.0 Å². The third-order valence-electron chi connectivity index (χ3n) is 1.59. The van der Waals surface area contributed by atoms with E-state index in [1.165, 1.54) is 18.2 Å². The van der Waals surface area contributed by atoms with Gasteiger partial charge in [0.1, 0.15) is 0 Å². The van der Waals surface area contributed by atoms with Crippen LogP contribution in [-0.4, -0.2) is 20.3 Å². The maximum atomic E-state index is 11.7. The zero-order valence-corrected chi connectivity index (χ0v) is 12.2. The first kappa shape index (κ1) is 13.4. The second-order valence-electron chi connectivity index (χ2n) is 2.66. The molecule has 0 amide bonds. The van der Waals surface area contributed by atoms with Gasteiger partial charge in [-0.1, -0.05) is 27.5 Å². The molecule has 1 aromatic rings. The highest BCUT2D eigenvalue weighted by Gasteiger charge is 2.13. The van der Waals surface area contributed by atoms with Gasteiger partial charge in [0.25, 0.3) is 0 Å². The van der Waals surface area contributed by atoms with Crippen LogP contribution in [0.4, 0.5) is 0 Å². The topological polar surface area (TPSA) is 46.2 Å². The van der Waals surface area contributed by atoms with E-state index in [1.807, 2.05) is 0 Å². The molecule has 0 aliphatic carbocycles. The van der Waals surface area contributed by atoms with Gasteiger partial charge in [-0.05, 0) is 34.1 Å². The van der Waals surface area contributed by atoms with E-state index in [-0.39, 0.29) is 4.90 Å². The largest absolute Gasteiger partial charge is 0.240 e. The molecule has 0 unspecified atom stereocenters. The van der Waals surface area contributed by atoms with Gasteiger partial charge < -0.3 is 0 Å². The zero-order chi connectivity index (χ0) is 11.5. The van der Waals surface area contributed by atoms with Gasteiger partial charge in [-0.15, -0.1) is 0 Å². The van der Waals surface area contributed by atoms with Crippen molar-refractivity contribution in [1.82, 2.24) is 4.72 Å². The van der Waals surface area contributed by atoms with Crippen molar-refractivity contribution in [3.63, 3.8) is 0 Å². The van der Waals surface area contributed by atoms with Crippen LogP contribution in [0.2, 0.25) is 5.02 Å². The number of benzene rings is 1. The average molecular weight is 377 g/mol. The van der Waals surface area contributed by atoms with Crippen molar-refractivity contribution in [1.29, 1.82) is 0 Å². The maximum Gasteiger partial charge on any atom is 0.240 e. The third kappa shape index (κ3) is 3.71. The van der Waals surface area contributed by atoms with Gasteiger partial charge in [0.05, 0.1) is 9.92 Å². The molecule has 7 heteroatoms. The summed E-state index contributed by atoms with van der Waals surface area (Å²) in [6.07, 6.45) is 0. The highest BCUT2D eigenvalue weighted by molar-refractivity contribution is 9.10. The molecule has 0 atom stereocenters. The predicted octanol–water partition coefficient (Wildman–Crippen LogP) is 2.78. The molecule has 0 aliphatic rings. The molecular formula is C8H8Br2ClNO2S. The Hall–Kier alpha value is 0.380. The summed E-state index contributed by atoms with van der Waals surface area (Å²) in [5, 5.41) is 1.05. The molecule has 0 radical (unpaired) electrons. The molecule has 0 aliphatic heterocycles. The van der Waals surface area contributed by atoms with Gasteiger partial charge in [-0.2, -0.15) is 0 Å². The van der Waals surface area contributed by atoms with Crippen LogP contribution < -0.4 is 4.72 Å². The third-order valence-corrected chi connectivity index (χ3v) is 4.66. The summed E-state index contributed by atoms with van der Waals surface area (Å²) in [5.41, 5.74) is 0. The molecule has 15 heavy (non-hydrogen) atoms. The van der Waals surface area contributed by atoms with Gasteiger partial charge in [0, 0.05) is 16.3 Å². The highest BCUT2D eigenvalue weighted by atomic mass is 79.9. The molecule has 0 heterocycles. The van der Waals surface area contributed by atoms with E-state index >= 15 is 0 Å². The van der Waals surface area contributed by atoms with Crippen molar-refractivity contribution in [3.05, 3.63) is 27.7 Å². The number of hydrogen-bond acceptors (Lipinski definition) is 2. The minimum Gasteiger partial charge on any atom is -0.210 e. The Morgan fingerprint density at radius 2 is 2.07 bits per heavy atom. The monoisotopic (exact) mass is 375 g/mol. The number of rotatable bonds is 4. The van der Waals surface area contributed by atoms with Crippen molar-refractivity contribution < 1.29 is 8.42 Å². The van der Waals surface area contributed by atoms with Crippen LogP contribution in [0.25, 0.3) is 0 Å². The molecule has 0 aromatic heterocycles. The maximum absolute atomic E-state index is 11.7. The lowest BCUT2D eigenvalue weighted by Crippen LogP contribution is -2.25. The molecule has 3 nitrogen and oxygen atoms in total. The summed E-state index contributed by atoms with van der Waals surface area (Å²) in [6, 6.07) is 4.47. The molecule has 84 valence electrons. The fourth-order valence-corrected chi connectivity index (χ4v) is 3.07. The molecule has 1 N–H and O–H groups in total. The predicted molar refractivity (Wildman–Crippen MR) is 68.1 cm³/mol. The van der Waals surface area contributed by atoms with Crippen molar-refractivity contribution in [2.75, 3.05) is 11.9 Å². The minimum atomic E-state index is -3.43. The van der Waals surface area contributed by atoms with Crippen LogP contribution in [0, 0.1) is 0 Å². The Bertz CT molecular complexity index is 450. The number of halogens is 3. The minimum absolute atomic E-state index is 0.194. The Kier molecular flexibility index (Phi) is 5.05. The van der Waals surface area contributed by atoms with Crippen molar-refractivity contribution in [3.8, 4) is 0 Å². The Morgan fingerprint density at radius 1 is 1.40 bits per heavy atom. The van der Waals surface area contributed by atoms with E-state index in [0.717, 1.165) is 0 Å². The van der Waals surface area contributed by atoms with Gasteiger partial charge >= 0.3 is 0 Å². The van der Waals surface area contributed by atoms with Crippen LogP contribution in [0.5, 0.6) is 0 Å². The summed E-state index contributed by atoms with van der Waals surface area (Å²) in [4.78, 5) is 0.194. The lowest BCUT2D eigenvalue weighted by molar-refractivity contribution is 0.584. The normalized spacial score (nSPS) is 11.7. The van der Waals surface area contributed by atoms with Crippen LogP contribution in [-0.2, 0) is 10.0 Å².